The molecular formula is C29H26N6O2S. The number of thiazole rings is 1. The standard InChI is InChI=1S/C29H26N6O2S/c36-27(31-28-32-34-35-33-28)19-6-9-20(10-7-19)29(16-18-5-8-22(29)15-18)21-11-13-23(14-12-21)37-17-26-30-24-3-1-2-4-25(24)38-26/h1-4,6-7,9-14,18,22H,5,8,15-17H2,(H2,31,32,33,34,35,36). The molecule has 9 heteroatoms. The third-order valence-electron chi connectivity index (χ3n) is 8.15. The van der Waals surface area contributed by atoms with Crippen molar-refractivity contribution in [3.8, 4) is 5.75 Å². The molecule has 190 valence electrons. The Morgan fingerprint density at radius 3 is 2.50 bits per heavy atom. The van der Waals surface area contributed by atoms with Crippen molar-refractivity contribution in [1.29, 1.82) is 0 Å². The monoisotopic (exact) mass is 522 g/mol. The second-order valence-electron chi connectivity index (χ2n) is 10.2. The number of carbonyl (C=O) groups excluding carboxylic acids is 1. The number of tetrazole rings is 1. The molecule has 2 bridgehead atoms. The lowest BCUT2D eigenvalue weighted by Gasteiger charge is -2.39. The Labute approximate surface area is 223 Å². The first-order valence-electron chi connectivity index (χ1n) is 12.9. The number of nitrogens with zero attached hydrogens (tertiary/aromatic N) is 4. The van der Waals surface area contributed by atoms with Crippen molar-refractivity contribution in [1.82, 2.24) is 25.6 Å². The number of anilines is 1. The number of hydrogen-bond donors (Lipinski definition) is 2. The van der Waals surface area contributed by atoms with E-state index < -0.39 is 0 Å². The summed E-state index contributed by atoms with van der Waals surface area (Å²) in [5, 5.41) is 17.0. The second kappa shape index (κ2) is 9.33. The largest absolute Gasteiger partial charge is 0.486 e. The van der Waals surface area contributed by atoms with Gasteiger partial charge >= 0.3 is 0 Å². The van der Waals surface area contributed by atoms with Gasteiger partial charge < -0.3 is 4.74 Å². The number of hydrogen-bond acceptors (Lipinski definition) is 7. The van der Waals surface area contributed by atoms with Crippen molar-refractivity contribution < 1.29 is 9.53 Å². The molecule has 2 fully saturated rings. The lowest BCUT2D eigenvalue weighted by atomic mass is 9.64. The van der Waals surface area contributed by atoms with Crippen molar-refractivity contribution in [2.24, 2.45) is 11.8 Å². The molecule has 2 aliphatic rings. The molecule has 2 N–H and O–H groups in total. The van der Waals surface area contributed by atoms with Crippen LogP contribution >= 0.6 is 11.3 Å². The van der Waals surface area contributed by atoms with Gasteiger partial charge in [-0.25, -0.2) is 4.98 Å². The number of ether oxygens (including phenoxy) is 1. The molecule has 2 saturated carbocycles. The lowest BCUT2D eigenvalue weighted by Crippen LogP contribution is -2.34. The fourth-order valence-electron chi connectivity index (χ4n) is 6.49. The van der Waals surface area contributed by atoms with E-state index in [9.17, 15) is 4.79 Å². The Balaban J connectivity index is 1.12. The summed E-state index contributed by atoms with van der Waals surface area (Å²) in [4.78, 5) is 17.3. The zero-order valence-electron chi connectivity index (χ0n) is 20.6. The van der Waals surface area contributed by atoms with Crippen LogP contribution in [0.3, 0.4) is 0 Å². The zero-order chi connectivity index (χ0) is 25.5. The fourth-order valence-corrected chi connectivity index (χ4v) is 7.37. The van der Waals surface area contributed by atoms with E-state index in [0.29, 0.717) is 18.1 Å². The lowest BCUT2D eigenvalue weighted by molar-refractivity contribution is 0.102. The first-order valence-corrected chi connectivity index (χ1v) is 13.7. The summed E-state index contributed by atoms with van der Waals surface area (Å²) in [5.41, 5.74) is 4.13. The highest BCUT2D eigenvalue weighted by molar-refractivity contribution is 7.18. The molecule has 0 radical (unpaired) electrons. The molecule has 0 aliphatic heterocycles. The van der Waals surface area contributed by atoms with Crippen LogP contribution in [0.1, 0.15) is 52.2 Å². The quantitative estimate of drug-likeness (QED) is 0.282. The van der Waals surface area contributed by atoms with Gasteiger partial charge in [-0.05, 0) is 83.8 Å². The van der Waals surface area contributed by atoms with Gasteiger partial charge in [-0.3, -0.25) is 10.1 Å². The highest BCUT2D eigenvalue weighted by Gasteiger charge is 2.52. The van der Waals surface area contributed by atoms with Crippen molar-refractivity contribution in [2.75, 3.05) is 5.32 Å². The second-order valence-corrected chi connectivity index (χ2v) is 11.3. The van der Waals surface area contributed by atoms with Crippen molar-refractivity contribution in [2.45, 2.75) is 37.7 Å². The number of fused-ring (bicyclic) bond motifs is 3. The minimum absolute atomic E-state index is 0.0445. The minimum atomic E-state index is -0.255. The maximum Gasteiger partial charge on any atom is 0.270 e. The maximum atomic E-state index is 12.6. The average Bonchev–Trinajstić information content (AvgIpc) is 3.77. The number of aromatic nitrogens is 5. The van der Waals surface area contributed by atoms with Crippen LogP contribution < -0.4 is 10.1 Å². The van der Waals surface area contributed by atoms with Gasteiger partial charge in [0.15, 0.2) is 0 Å². The third-order valence-corrected chi connectivity index (χ3v) is 9.16. The van der Waals surface area contributed by atoms with E-state index in [1.807, 2.05) is 30.3 Å². The number of rotatable bonds is 7. The highest BCUT2D eigenvalue weighted by atomic mass is 32.1. The van der Waals surface area contributed by atoms with Gasteiger partial charge in [-0.15, -0.1) is 16.4 Å². The van der Waals surface area contributed by atoms with Gasteiger partial charge in [0.25, 0.3) is 11.9 Å². The van der Waals surface area contributed by atoms with Crippen LogP contribution in [-0.2, 0) is 12.0 Å². The van der Waals surface area contributed by atoms with E-state index in [1.165, 1.54) is 35.1 Å². The Kier molecular flexibility index (Phi) is 5.65. The number of amides is 1. The number of carbonyl (C=O) groups is 1. The predicted molar refractivity (Wildman–Crippen MR) is 145 cm³/mol. The van der Waals surface area contributed by atoms with Crippen LogP contribution in [0.5, 0.6) is 5.75 Å². The molecule has 0 spiro atoms. The summed E-state index contributed by atoms with van der Waals surface area (Å²) in [6, 6.07) is 24.8. The van der Waals surface area contributed by atoms with Crippen LogP contribution in [0.15, 0.2) is 72.8 Å². The molecule has 2 heterocycles. The van der Waals surface area contributed by atoms with Crippen molar-refractivity contribution in [3.05, 3.63) is 94.5 Å². The molecule has 5 aromatic rings. The van der Waals surface area contributed by atoms with E-state index in [1.54, 1.807) is 11.3 Å². The number of benzene rings is 3. The summed E-state index contributed by atoms with van der Waals surface area (Å²) in [6.45, 7) is 0.460. The van der Waals surface area contributed by atoms with E-state index in [-0.39, 0.29) is 17.3 Å². The third kappa shape index (κ3) is 4.03. The van der Waals surface area contributed by atoms with Gasteiger partial charge in [0.1, 0.15) is 17.4 Å². The summed E-state index contributed by atoms with van der Waals surface area (Å²) >= 11 is 1.67. The van der Waals surface area contributed by atoms with Crippen LogP contribution in [0, 0.1) is 11.8 Å². The van der Waals surface area contributed by atoms with Crippen LogP contribution in [0.2, 0.25) is 0 Å². The van der Waals surface area contributed by atoms with Gasteiger partial charge in [-0.1, -0.05) is 47.9 Å². The number of H-pyrrole nitrogens is 1. The van der Waals surface area contributed by atoms with Gasteiger partial charge in [0.05, 0.1) is 10.2 Å². The summed E-state index contributed by atoms with van der Waals surface area (Å²) in [7, 11) is 0. The van der Waals surface area contributed by atoms with Crippen molar-refractivity contribution in [3.63, 3.8) is 0 Å². The molecule has 2 aromatic heterocycles. The Morgan fingerprint density at radius 2 is 1.82 bits per heavy atom. The molecule has 38 heavy (non-hydrogen) atoms. The van der Waals surface area contributed by atoms with Gasteiger partial charge in [0.2, 0.25) is 0 Å². The fraction of sp³-hybridized carbons (Fsp3) is 0.276. The smallest absolute Gasteiger partial charge is 0.270 e. The van der Waals surface area contributed by atoms with E-state index in [2.05, 4.69) is 73.4 Å². The molecular weight excluding hydrogens is 496 g/mol. The molecule has 8 nitrogen and oxygen atoms in total. The topological polar surface area (TPSA) is 106 Å². The summed E-state index contributed by atoms with van der Waals surface area (Å²) < 4.78 is 7.29. The van der Waals surface area contributed by atoms with Crippen LogP contribution in [-0.4, -0.2) is 31.5 Å². The van der Waals surface area contributed by atoms with Crippen LogP contribution in [0.25, 0.3) is 10.2 Å². The first kappa shape index (κ1) is 23.0. The highest BCUT2D eigenvalue weighted by Crippen LogP contribution is 2.60. The average molecular weight is 523 g/mol. The molecule has 1 amide bonds. The number of para-hydroxylation sites is 1. The molecule has 0 saturated heterocycles. The SMILES string of the molecule is O=C(Nc1nn[nH]n1)c1ccc(C2(c3ccc(OCc4nc5ccccc5s4)cc3)CC3CCC2C3)cc1. The Hall–Kier alpha value is -4.11. The Bertz CT molecular complexity index is 1550. The zero-order valence-corrected chi connectivity index (χ0v) is 21.4. The van der Waals surface area contributed by atoms with Gasteiger partial charge in [-0.2, -0.15) is 5.21 Å². The number of nitrogens with one attached hydrogen (secondary N) is 2. The predicted octanol–water partition coefficient (Wildman–Crippen LogP) is 5.75. The number of aromatic amines is 1. The Morgan fingerprint density at radius 1 is 1.03 bits per heavy atom. The van der Waals surface area contributed by atoms with E-state index in [4.69, 9.17) is 4.74 Å². The van der Waals surface area contributed by atoms with Crippen LogP contribution in [0.4, 0.5) is 5.95 Å². The molecule has 3 aromatic carbocycles. The van der Waals surface area contributed by atoms with Gasteiger partial charge in [0, 0.05) is 11.0 Å². The molecule has 7 rings (SSSR count). The molecule has 3 unspecified atom stereocenters. The summed E-state index contributed by atoms with van der Waals surface area (Å²) in [6.07, 6.45) is 4.94. The minimum Gasteiger partial charge on any atom is -0.486 e. The van der Waals surface area contributed by atoms with Crippen molar-refractivity contribution >= 4 is 33.4 Å². The van der Waals surface area contributed by atoms with E-state index in [0.717, 1.165) is 28.6 Å². The first-order chi connectivity index (χ1) is 18.7. The molecule has 3 atom stereocenters. The maximum absolute atomic E-state index is 12.6. The summed E-state index contributed by atoms with van der Waals surface area (Å²) in [5.74, 6) is 2.10. The normalized spacial score (nSPS) is 22.1. The molecule has 2 aliphatic carbocycles. The van der Waals surface area contributed by atoms with E-state index >= 15 is 0 Å².